The molecule has 2 heterocycles. The van der Waals surface area contributed by atoms with E-state index in [0.29, 0.717) is 26.1 Å². The molecule has 3 rings (SSSR count). The van der Waals surface area contributed by atoms with E-state index >= 15 is 0 Å². The van der Waals surface area contributed by atoms with Crippen molar-refractivity contribution in [3.05, 3.63) is 35.4 Å². The average Bonchev–Trinajstić information content (AvgIpc) is 2.60. The maximum Gasteiger partial charge on any atom is 0.328 e. The molecular formula is C17H24N4O4. The van der Waals surface area contributed by atoms with Gasteiger partial charge >= 0.3 is 12.1 Å². The first-order chi connectivity index (χ1) is 12.1. The summed E-state index contributed by atoms with van der Waals surface area (Å²) in [5.74, 6) is 0. The van der Waals surface area contributed by atoms with E-state index in [9.17, 15) is 14.7 Å². The predicted molar refractivity (Wildman–Crippen MR) is 90.7 cm³/mol. The molecule has 2 aliphatic rings. The number of imide groups is 1. The minimum atomic E-state index is -0.742. The van der Waals surface area contributed by atoms with Crippen LogP contribution in [-0.4, -0.2) is 54.2 Å². The van der Waals surface area contributed by atoms with Gasteiger partial charge in [-0.3, -0.25) is 5.32 Å². The summed E-state index contributed by atoms with van der Waals surface area (Å²) in [6.45, 7) is 2.90. The van der Waals surface area contributed by atoms with E-state index in [2.05, 4.69) is 16.0 Å². The molecule has 0 aliphatic carbocycles. The van der Waals surface area contributed by atoms with Crippen molar-refractivity contribution in [2.45, 2.75) is 38.1 Å². The van der Waals surface area contributed by atoms with Crippen LogP contribution in [0.25, 0.3) is 0 Å². The molecule has 2 aliphatic heterocycles. The highest BCUT2D eigenvalue weighted by Crippen LogP contribution is 2.18. The molecular weight excluding hydrogens is 324 g/mol. The minimum Gasteiger partial charge on any atom is -0.394 e. The quantitative estimate of drug-likeness (QED) is 0.631. The number of aryl methyl sites for hydroxylation is 1. The number of benzene rings is 1. The molecule has 0 bridgehead atoms. The third-order valence-corrected chi connectivity index (χ3v) is 4.52. The number of carbonyl (C=O) groups is 2. The van der Waals surface area contributed by atoms with Crippen molar-refractivity contribution in [1.29, 1.82) is 0 Å². The molecule has 1 aromatic rings. The highest BCUT2D eigenvalue weighted by atomic mass is 16.5. The van der Waals surface area contributed by atoms with Crippen molar-refractivity contribution in [3.8, 4) is 0 Å². The Morgan fingerprint density at radius 3 is 2.56 bits per heavy atom. The maximum atomic E-state index is 12.4. The van der Waals surface area contributed by atoms with Gasteiger partial charge in [-0.05, 0) is 25.3 Å². The van der Waals surface area contributed by atoms with Crippen LogP contribution in [0.2, 0.25) is 0 Å². The number of amides is 4. The molecule has 4 N–H and O–H groups in total. The molecule has 0 radical (unpaired) electrons. The summed E-state index contributed by atoms with van der Waals surface area (Å²) in [7, 11) is 0. The molecule has 0 aromatic heterocycles. The van der Waals surface area contributed by atoms with Crippen molar-refractivity contribution < 1.29 is 19.4 Å². The summed E-state index contributed by atoms with van der Waals surface area (Å²) in [5, 5.41) is 18.2. The summed E-state index contributed by atoms with van der Waals surface area (Å²) < 4.78 is 5.28. The van der Waals surface area contributed by atoms with E-state index in [1.807, 2.05) is 31.2 Å². The van der Waals surface area contributed by atoms with Gasteiger partial charge in [-0.25, -0.2) is 14.5 Å². The highest BCUT2D eigenvalue weighted by molar-refractivity contribution is 5.96. The molecule has 25 heavy (non-hydrogen) atoms. The Morgan fingerprint density at radius 2 is 1.96 bits per heavy atom. The fraction of sp³-hybridized carbons (Fsp3) is 0.529. The molecule has 8 heteroatoms. The number of nitrogens with one attached hydrogen (secondary N) is 3. The Labute approximate surface area is 146 Å². The lowest BCUT2D eigenvalue weighted by atomic mass is 10.1. The zero-order valence-corrected chi connectivity index (χ0v) is 14.2. The molecule has 136 valence electrons. The van der Waals surface area contributed by atoms with Crippen LogP contribution in [0, 0.1) is 6.92 Å². The van der Waals surface area contributed by atoms with Gasteiger partial charge in [0.15, 0.2) is 6.29 Å². The van der Waals surface area contributed by atoms with Gasteiger partial charge in [0.1, 0.15) is 0 Å². The molecule has 0 saturated carbocycles. The molecule has 0 spiro atoms. The highest BCUT2D eigenvalue weighted by Gasteiger charge is 2.37. The summed E-state index contributed by atoms with van der Waals surface area (Å²) in [4.78, 5) is 26.0. The molecule has 8 nitrogen and oxygen atoms in total. The Bertz CT molecular complexity index is 615. The van der Waals surface area contributed by atoms with Crippen molar-refractivity contribution in [1.82, 2.24) is 20.9 Å². The van der Waals surface area contributed by atoms with Crippen LogP contribution in [0.3, 0.4) is 0 Å². The number of ether oxygens (including phenoxy) is 1. The van der Waals surface area contributed by atoms with Crippen molar-refractivity contribution in [2.75, 3.05) is 19.8 Å². The van der Waals surface area contributed by atoms with E-state index in [1.54, 1.807) is 0 Å². The lowest BCUT2D eigenvalue weighted by Gasteiger charge is -2.39. The van der Waals surface area contributed by atoms with Crippen LogP contribution in [0.5, 0.6) is 0 Å². The Balaban J connectivity index is 1.64. The van der Waals surface area contributed by atoms with E-state index in [-0.39, 0.29) is 12.6 Å². The molecule has 1 atom stereocenters. The van der Waals surface area contributed by atoms with E-state index in [0.717, 1.165) is 11.1 Å². The van der Waals surface area contributed by atoms with Crippen LogP contribution < -0.4 is 16.0 Å². The predicted octanol–water partition coefficient (Wildman–Crippen LogP) is 0.815. The van der Waals surface area contributed by atoms with Gasteiger partial charge in [0.2, 0.25) is 0 Å². The fourth-order valence-electron chi connectivity index (χ4n) is 3.22. The molecule has 4 amide bonds. The monoisotopic (exact) mass is 348 g/mol. The van der Waals surface area contributed by atoms with Crippen LogP contribution >= 0.6 is 0 Å². The lowest BCUT2D eigenvalue weighted by Crippen LogP contribution is -2.70. The number of hydrogen-bond acceptors (Lipinski definition) is 5. The number of nitrogens with zero attached hydrogens (tertiary/aromatic N) is 1. The molecule has 2 fully saturated rings. The SMILES string of the molecule is Cc1cccc([C@H](CO)NC2NC(=O)N(C3CCOCC3)C(=O)N2)c1. The van der Waals surface area contributed by atoms with Gasteiger partial charge in [-0.2, -0.15) is 0 Å². The number of hydrogen-bond donors (Lipinski definition) is 4. The first-order valence-corrected chi connectivity index (χ1v) is 8.50. The third-order valence-electron chi connectivity index (χ3n) is 4.52. The Morgan fingerprint density at radius 1 is 1.28 bits per heavy atom. The fourth-order valence-corrected chi connectivity index (χ4v) is 3.22. The standard InChI is InChI=1S/C17H24N4O4/c1-11-3-2-4-12(9-11)14(10-22)18-15-19-16(23)21(17(24)20-15)13-5-7-25-8-6-13/h2-4,9,13-15,18,22H,5-8,10H2,1H3,(H,19,23)(H,20,24)/t14-/m0/s1. The van der Waals surface area contributed by atoms with Crippen LogP contribution in [-0.2, 0) is 4.74 Å². The zero-order chi connectivity index (χ0) is 17.8. The second-order valence-corrected chi connectivity index (χ2v) is 6.36. The molecule has 1 aromatic carbocycles. The third kappa shape index (κ3) is 4.09. The average molecular weight is 348 g/mol. The van der Waals surface area contributed by atoms with Crippen LogP contribution in [0.1, 0.15) is 30.0 Å². The van der Waals surface area contributed by atoms with Crippen molar-refractivity contribution in [3.63, 3.8) is 0 Å². The largest absolute Gasteiger partial charge is 0.394 e. The molecule has 0 unspecified atom stereocenters. The van der Waals surface area contributed by atoms with Gasteiger partial charge in [-0.1, -0.05) is 29.8 Å². The van der Waals surface area contributed by atoms with Crippen LogP contribution in [0.15, 0.2) is 24.3 Å². The molecule has 2 saturated heterocycles. The normalized spacial score (nSPS) is 21.0. The summed E-state index contributed by atoms with van der Waals surface area (Å²) in [6, 6.07) is 6.29. The number of carbonyl (C=O) groups excluding carboxylic acids is 2. The van der Waals surface area contributed by atoms with Gasteiger partial charge in [0.25, 0.3) is 0 Å². The second kappa shape index (κ2) is 7.81. The van der Waals surface area contributed by atoms with Gasteiger partial charge in [0, 0.05) is 19.3 Å². The minimum absolute atomic E-state index is 0.153. The van der Waals surface area contributed by atoms with Gasteiger partial charge in [0.05, 0.1) is 12.6 Å². The summed E-state index contributed by atoms with van der Waals surface area (Å²) >= 11 is 0. The summed E-state index contributed by atoms with van der Waals surface area (Å²) in [6.07, 6.45) is 0.539. The Kier molecular flexibility index (Phi) is 5.52. The zero-order valence-electron chi connectivity index (χ0n) is 14.2. The Hall–Kier alpha value is -2.16. The number of rotatable bonds is 5. The number of aliphatic hydroxyl groups excluding tert-OH is 1. The van der Waals surface area contributed by atoms with Gasteiger partial charge < -0.3 is 20.5 Å². The van der Waals surface area contributed by atoms with Crippen LogP contribution in [0.4, 0.5) is 9.59 Å². The second-order valence-electron chi connectivity index (χ2n) is 6.36. The lowest BCUT2D eigenvalue weighted by molar-refractivity contribution is 0.0487. The van der Waals surface area contributed by atoms with E-state index in [1.165, 1.54) is 4.90 Å². The van der Waals surface area contributed by atoms with E-state index in [4.69, 9.17) is 4.74 Å². The number of aliphatic hydroxyl groups is 1. The first kappa shape index (κ1) is 17.7. The maximum absolute atomic E-state index is 12.4. The smallest absolute Gasteiger partial charge is 0.328 e. The van der Waals surface area contributed by atoms with Gasteiger partial charge in [-0.15, -0.1) is 0 Å². The van der Waals surface area contributed by atoms with Crippen molar-refractivity contribution >= 4 is 12.1 Å². The number of urea groups is 2. The summed E-state index contributed by atoms with van der Waals surface area (Å²) in [5.41, 5.74) is 1.96. The first-order valence-electron chi connectivity index (χ1n) is 8.50. The van der Waals surface area contributed by atoms with E-state index < -0.39 is 24.4 Å². The topological polar surface area (TPSA) is 103 Å². The van der Waals surface area contributed by atoms with Crippen molar-refractivity contribution in [2.24, 2.45) is 0 Å².